The van der Waals surface area contributed by atoms with Crippen LogP contribution in [0.25, 0.3) is 10.8 Å². The number of benzene rings is 3. The molecule has 4 nitrogen and oxygen atoms in total. The van der Waals surface area contributed by atoms with Gasteiger partial charge in [-0.2, -0.15) is 13.2 Å². The van der Waals surface area contributed by atoms with Crippen LogP contribution in [-0.4, -0.2) is 17.8 Å². The summed E-state index contributed by atoms with van der Waals surface area (Å²) in [4.78, 5) is 16.7. The van der Waals surface area contributed by atoms with E-state index in [2.05, 4.69) is 5.16 Å². The molecular weight excluding hydrogens is 369 g/mol. The van der Waals surface area contributed by atoms with E-state index in [0.717, 1.165) is 0 Å². The minimum atomic E-state index is -4.66. The molecule has 1 aliphatic heterocycles. The number of oxime groups is 1. The number of primary amides is 1. The van der Waals surface area contributed by atoms with E-state index in [1.165, 1.54) is 30.3 Å². The Hall–Kier alpha value is -3.35. The summed E-state index contributed by atoms with van der Waals surface area (Å²) >= 11 is 0. The number of fused-ring (bicyclic) bond motifs is 1. The van der Waals surface area contributed by atoms with E-state index in [9.17, 15) is 18.0 Å². The number of nitrogens with two attached hydrogens (primary N) is 1. The molecule has 1 atom stereocenters. The highest BCUT2D eigenvalue weighted by Gasteiger charge is 2.62. The van der Waals surface area contributed by atoms with Gasteiger partial charge in [-0.15, -0.1) is 0 Å². The van der Waals surface area contributed by atoms with Crippen molar-refractivity contribution >= 4 is 22.4 Å². The highest BCUT2D eigenvalue weighted by atomic mass is 19.4. The monoisotopic (exact) mass is 384 g/mol. The number of carbonyl (C=O) groups excluding carboxylic acids is 1. The fourth-order valence-electron chi connectivity index (χ4n) is 3.52. The van der Waals surface area contributed by atoms with E-state index in [-0.39, 0.29) is 11.3 Å². The van der Waals surface area contributed by atoms with Gasteiger partial charge in [-0.1, -0.05) is 65.8 Å². The van der Waals surface area contributed by atoms with Crippen LogP contribution in [0.15, 0.2) is 71.9 Å². The molecular formula is C21H15F3N2O2. The lowest BCUT2D eigenvalue weighted by Gasteiger charge is -2.29. The van der Waals surface area contributed by atoms with Crippen molar-refractivity contribution in [3.05, 3.63) is 83.4 Å². The average Bonchev–Trinajstić information content (AvgIpc) is 3.14. The van der Waals surface area contributed by atoms with Crippen LogP contribution in [0.3, 0.4) is 0 Å². The summed E-state index contributed by atoms with van der Waals surface area (Å²) < 4.78 is 42.0. The number of alkyl halides is 3. The Kier molecular flexibility index (Phi) is 4.10. The zero-order valence-corrected chi connectivity index (χ0v) is 14.5. The molecule has 1 unspecified atom stereocenters. The first-order valence-corrected chi connectivity index (χ1v) is 8.53. The Morgan fingerprint density at radius 1 is 0.964 bits per heavy atom. The van der Waals surface area contributed by atoms with Crippen LogP contribution in [0.2, 0.25) is 0 Å². The minimum Gasteiger partial charge on any atom is -0.374 e. The highest BCUT2D eigenvalue weighted by molar-refractivity contribution is 6.16. The number of amides is 1. The standard InChI is InChI=1S/C21H15F3N2O2/c22-21(23,24)20(13-6-2-1-3-7-13)12-18(26-28-20)16-10-11-17(19(25)27)15-9-5-4-8-14(15)16/h1-11H,12H2,(H2,25,27). The molecule has 28 heavy (non-hydrogen) atoms. The lowest BCUT2D eigenvalue weighted by atomic mass is 9.85. The van der Waals surface area contributed by atoms with Crippen molar-refractivity contribution < 1.29 is 22.8 Å². The number of hydrogen-bond donors (Lipinski definition) is 1. The van der Waals surface area contributed by atoms with Crippen LogP contribution in [0.1, 0.15) is 27.9 Å². The summed E-state index contributed by atoms with van der Waals surface area (Å²) in [7, 11) is 0. The van der Waals surface area contributed by atoms with Crippen LogP contribution in [-0.2, 0) is 10.4 Å². The average molecular weight is 384 g/mol. The molecule has 1 aliphatic rings. The normalized spacial score (nSPS) is 19.3. The maximum atomic E-state index is 14.0. The fraction of sp³-hybridized carbons (Fsp3) is 0.143. The third-order valence-corrected chi connectivity index (χ3v) is 4.93. The minimum absolute atomic E-state index is 0.0145. The molecule has 0 fully saturated rings. The van der Waals surface area contributed by atoms with Gasteiger partial charge in [-0.05, 0) is 16.8 Å². The first-order valence-electron chi connectivity index (χ1n) is 8.53. The summed E-state index contributed by atoms with van der Waals surface area (Å²) in [6.45, 7) is 0. The SMILES string of the molecule is NC(=O)c1ccc(C2=NOC(c3ccccc3)(C(F)(F)F)C2)c2ccccc12. The summed E-state index contributed by atoms with van der Waals surface area (Å²) in [6, 6.07) is 17.4. The summed E-state index contributed by atoms with van der Waals surface area (Å²) in [5.41, 5.74) is 3.78. The lowest BCUT2D eigenvalue weighted by Crippen LogP contribution is -2.42. The fourth-order valence-corrected chi connectivity index (χ4v) is 3.52. The zero-order valence-electron chi connectivity index (χ0n) is 14.5. The molecule has 0 bridgehead atoms. The topological polar surface area (TPSA) is 64.7 Å². The largest absolute Gasteiger partial charge is 0.435 e. The van der Waals surface area contributed by atoms with E-state index in [0.29, 0.717) is 21.9 Å². The van der Waals surface area contributed by atoms with Crippen LogP contribution in [0.4, 0.5) is 13.2 Å². The van der Waals surface area contributed by atoms with Crippen molar-refractivity contribution in [1.82, 2.24) is 0 Å². The molecule has 2 N–H and O–H groups in total. The molecule has 0 radical (unpaired) electrons. The quantitative estimate of drug-likeness (QED) is 0.722. The second kappa shape index (κ2) is 6.37. The molecule has 0 aliphatic carbocycles. The summed E-state index contributed by atoms with van der Waals surface area (Å²) in [5, 5.41) is 4.95. The Bertz CT molecular complexity index is 1090. The molecule has 3 aromatic carbocycles. The van der Waals surface area contributed by atoms with Crippen molar-refractivity contribution in [3.63, 3.8) is 0 Å². The number of rotatable bonds is 3. The van der Waals surface area contributed by atoms with Crippen molar-refractivity contribution in [2.45, 2.75) is 18.2 Å². The van der Waals surface area contributed by atoms with E-state index in [1.807, 2.05) is 0 Å². The van der Waals surface area contributed by atoms with Gasteiger partial charge in [0.2, 0.25) is 5.91 Å². The summed E-state index contributed by atoms with van der Waals surface area (Å²) in [6.07, 6.45) is -5.14. The number of carbonyl (C=O) groups is 1. The van der Waals surface area contributed by atoms with Gasteiger partial charge in [0.25, 0.3) is 5.60 Å². The Morgan fingerprint density at radius 3 is 2.25 bits per heavy atom. The van der Waals surface area contributed by atoms with Crippen molar-refractivity contribution in [1.29, 1.82) is 0 Å². The van der Waals surface area contributed by atoms with Crippen LogP contribution >= 0.6 is 0 Å². The van der Waals surface area contributed by atoms with Crippen LogP contribution in [0, 0.1) is 0 Å². The van der Waals surface area contributed by atoms with Gasteiger partial charge in [0.05, 0.1) is 5.71 Å². The molecule has 4 rings (SSSR count). The van der Waals surface area contributed by atoms with Crippen LogP contribution < -0.4 is 5.73 Å². The van der Waals surface area contributed by atoms with E-state index >= 15 is 0 Å². The van der Waals surface area contributed by atoms with E-state index in [1.54, 1.807) is 36.4 Å². The third-order valence-electron chi connectivity index (χ3n) is 4.93. The molecule has 0 spiro atoms. The number of hydrogen-bond acceptors (Lipinski definition) is 3. The van der Waals surface area contributed by atoms with Crippen LogP contribution in [0.5, 0.6) is 0 Å². The number of halogens is 3. The zero-order chi connectivity index (χ0) is 19.9. The predicted octanol–water partition coefficient (Wildman–Crippen LogP) is 4.52. The van der Waals surface area contributed by atoms with E-state index < -0.39 is 24.1 Å². The van der Waals surface area contributed by atoms with Gasteiger partial charge in [-0.3, -0.25) is 4.79 Å². The Morgan fingerprint density at radius 2 is 1.61 bits per heavy atom. The molecule has 0 saturated heterocycles. The molecule has 0 aromatic heterocycles. The first kappa shape index (κ1) is 18.0. The van der Waals surface area contributed by atoms with Crippen molar-refractivity contribution in [2.24, 2.45) is 10.9 Å². The summed E-state index contributed by atoms with van der Waals surface area (Å²) in [5.74, 6) is -0.610. The smallest absolute Gasteiger partial charge is 0.374 e. The molecule has 142 valence electrons. The van der Waals surface area contributed by atoms with Gasteiger partial charge in [0.15, 0.2) is 0 Å². The van der Waals surface area contributed by atoms with E-state index in [4.69, 9.17) is 10.6 Å². The molecule has 0 saturated carbocycles. The molecule has 1 amide bonds. The maximum absolute atomic E-state index is 14.0. The highest BCUT2D eigenvalue weighted by Crippen LogP contribution is 2.49. The van der Waals surface area contributed by atoms with Gasteiger partial charge >= 0.3 is 6.18 Å². The van der Waals surface area contributed by atoms with Gasteiger partial charge in [-0.25, -0.2) is 0 Å². The molecule has 7 heteroatoms. The second-order valence-electron chi connectivity index (χ2n) is 6.57. The number of nitrogens with zero attached hydrogens (tertiary/aromatic N) is 1. The van der Waals surface area contributed by atoms with Gasteiger partial charge in [0.1, 0.15) is 0 Å². The Labute approximate surface area is 158 Å². The van der Waals surface area contributed by atoms with Gasteiger partial charge in [0, 0.05) is 23.1 Å². The van der Waals surface area contributed by atoms with Crippen molar-refractivity contribution in [2.75, 3.05) is 0 Å². The van der Waals surface area contributed by atoms with Gasteiger partial charge < -0.3 is 10.6 Å². The van der Waals surface area contributed by atoms with Crippen molar-refractivity contribution in [3.8, 4) is 0 Å². The molecule has 3 aromatic rings. The third kappa shape index (κ3) is 2.70. The Balaban J connectivity index is 1.83. The lowest BCUT2D eigenvalue weighted by molar-refractivity contribution is -0.275. The second-order valence-corrected chi connectivity index (χ2v) is 6.57. The maximum Gasteiger partial charge on any atom is 0.435 e. The predicted molar refractivity (Wildman–Crippen MR) is 98.9 cm³/mol. The first-order chi connectivity index (χ1) is 13.3. The molecule has 1 heterocycles.